The lowest BCUT2D eigenvalue weighted by Gasteiger charge is -2.35. The van der Waals surface area contributed by atoms with E-state index in [0.29, 0.717) is 15.9 Å². The maximum absolute atomic E-state index is 14.4. The molecular formula is C35H36F3N3O4S. The normalized spacial score (nSPS) is 12.7. The number of benzene rings is 4. The lowest BCUT2D eigenvalue weighted by Crippen LogP contribution is -2.56. The summed E-state index contributed by atoms with van der Waals surface area (Å²) in [6.07, 6.45) is -4.65. The summed E-state index contributed by atoms with van der Waals surface area (Å²) in [4.78, 5) is 29.4. The van der Waals surface area contributed by atoms with E-state index in [4.69, 9.17) is 0 Å². The Morgan fingerprint density at radius 2 is 1.30 bits per heavy atom. The van der Waals surface area contributed by atoms with Gasteiger partial charge in [0.05, 0.1) is 16.1 Å². The van der Waals surface area contributed by atoms with Crippen LogP contribution in [-0.4, -0.2) is 43.3 Å². The Balaban J connectivity index is 1.84. The molecule has 0 unspecified atom stereocenters. The van der Waals surface area contributed by atoms with E-state index in [-0.39, 0.29) is 23.5 Å². The second kappa shape index (κ2) is 14.2. The molecule has 0 saturated heterocycles. The molecule has 1 atom stereocenters. The highest BCUT2D eigenvalue weighted by atomic mass is 32.2. The molecule has 0 heterocycles. The third-order valence-corrected chi connectivity index (χ3v) is 8.82. The molecule has 0 aromatic heterocycles. The number of nitrogens with one attached hydrogen (secondary N) is 1. The standard InChI is InChI=1S/C35H36F3N3O4S/c1-34(2,3)39-33(43)31(22-26-14-7-4-8-15-26)40(24-27-16-9-5-10-17-27)32(42)25-41(46(44,45)30-20-11-6-12-21-30)29-19-13-18-28(23-29)35(36,37)38/h4-21,23,31H,22,24-25H2,1-3H3,(H,39,43)/t31-/m1/s1. The first-order chi connectivity index (χ1) is 21.6. The van der Waals surface area contributed by atoms with Crippen molar-refractivity contribution < 1.29 is 31.2 Å². The van der Waals surface area contributed by atoms with Gasteiger partial charge in [-0.3, -0.25) is 13.9 Å². The molecule has 11 heteroatoms. The van der Waals surface area contributed by atoms with Crippen LogP contribution in [0.25, 0.3) is 0 Å². The average molecular weight is 652 g/mol. The van der Waals surface area contributed by atoms with Crippen molar-refractivity contribution in [2.24, 2.45) is 0 Å². The molecule has 4 rings (SSSR count). The predicted octanol–water partition coefficient (Wildman–Crippen LogP) is 6.46. The van der Waals surface area contributed by atoms with Gasteiger partial charge in [-0.05, 0) is 62.2 Å². The van der Waals surface area contributed by atoms with E-state index in [2.05, 4.69) is 5.32 Å². The highest BCUT2D eigenvalue weighted by Gasteiger charge is 2.37. The van der Waals surface area contributed by atoms with Gasteiger partial charge in [0.15, 0.2) is 0 Å². The fraction of sp³-hybridized carbons (Fsp3) is 0.257. The number of amides is 2. The van der Waals surface area contributed by atoms with E-state index >= 15 is 0 Å². The summed E-state index contributed by atoms with van der Waals surface area (Å²) in [5, 5.41) is 2.94. The fourth-order valence-corrected chi connectivity index (χ4v) is 6.30. The molecule has 0 aliphatic heterocycles. The highest BCUT2D eigenvalue weighted by Crippen LogP contribution is 2.33. The maximum Gasteiger partial charge on any atom is 0.416 e. The summed E-state index contributed by atoms with van der Waals surface area (Å²) < 4.78 is 69.8. The Labute approximate surface area is 267 Å². The zero-order valence-corrected chi connectivity index (χ0v) is 26.6. The lowest BCUT2D eigenvalue weighted by molar-refractivity contribution is -0.140. The number of carbonyl (C=O) groups excluding carboxylic acids is 2. The van der Waals surface area contributed by atoms with Crippen LogP contribution in [0.2, 0.25) is 0 Å². The quantitative estimate of drug-likeness (QED) is 0.202. The van der Waals surface area contributed by atoms with Crippen molar-refractivity contribution in [3.63, 3.8) is 0 Å². The third kappa shape index (κ3) is 8.97. The van der Waals surface area contributed by atoms with Gasteiger partial charge < -0.3 is 10.2 Å². The predicted molar refractivity (Wildman–Crippen MR) is 171 cm³/mol. The van der Waals surface area contributed by atoms with Gasteiger partial charge in [-0.15, -0.1) is 0 Å². The van der Waals surface area contributed by atoms with Crippen molar-refractivity contribution in [1.29, 1.82) is 0 Å². The molecular weight excluding hydrogens is 615 g/mol. The van der Waals surface area contributed by atoms with Crippen LogP contribution in [-0.2, 0) is 38.8 Å². The molecule has 4 aromatic carbocycles. The Morgan fingerprint density at radius 3 is 1.85 bits per heavy atom. The van der Waals surface area contributed by atoms with Gasteiger partial charge in [0.25, 0.3) is 10.0 Å². The second-order valence-corrected chi connectivity index (χ2v) is 13.7. The van der Waals surface area contributed by atoms with Crippen LogP contribution >= 0.6 is 0 Å². The van der Waals surface area contributed by atoms with E-state index in [1.807, 2.05) is 18.2 Å². The van der Waals surface area contributed by atoms with Crippen molar-refractivity contribution in [3.8, 4) is 0 Å². The maximum atomic E-state index is 14.4. The van der Waals surface area contributed by atoms with Crippen molar-refractivity contribution in [2.75, 3.05) is 10.8 Å². The van der Waals surface area contributed by atoms with E-state index in [1.54, 1.807) is 69.3 Å². The highest BCUT2D eigenvalue weighted by molar-refractivity contribution is 7.92. The first-order valence-electron chi connectivity index (χ1n) is 14.6. The first kappa shape index (κ1) is 34.2. The summed E-state index contributed by atoms with van der Waals surface area (Å²) in [7, 11) is -4.53. The molecule has 0 bridgehead atoms. The van der Waals surface area contributed by atoms with Crippen molar-refractivity contribution in [3.05, 3.63) is 132 Å². The number of hydrogen-bond donors (Lipinski definition) is 1. The smallest absolute Gasteiger partial charge is 0.350 e. The molecule has 0 aliphatic carbocycles. The SMILES string of the molecule is CC(C)(C)NC(=O)[C@@H](Cc1ccccc1)N(Cc1ccccc1)C(=O)CN(c1cccc(C(F)(F)F)c1)S(=O)(=O)c1ccccc1. The van der Waals surface area contributed by atoms with Gasteiger partial charge in [0.2, 0.25) is 11.8 Å². The van der Waals surface area contributed by atoms with Crippen molar-refractivity contribution in [1.82, 2.24) is 10.2 Å². The minimum absolute atomic E-state index is 0.0590. The van der Waals surface area contributed by atoms with E-state index < -0.39 is 51.7 Å². The Hall–Kier alpha value is -4.64. The number of nitrogens with zero attached hydrogens (tertiary/aromatic N) is 2. The van der Waals surface area contributed by atoms with Gasteiger partial charge >= 0.3 is 6.18 Å². The van der Waals surface area contributed by atoms with Gasteiger partial charge in [-0.1, -0.05) is 84.9 Å². The minimum atomic E-state index is -4.76. The average Bonchev–Trinajstić information content (AvgIpc) is 3.01. The topological polar surface area (TPSA) is 86.8 Å². The number of sulfonamides is 1. The van der Waals surface area contributed by atoms with Crippen molar-refractivity contribution in [2.45, 2.75) is 56.4 Å². The van der Waals surface area contributed by atoms with Crippen LogP contribution in [0.3, 0.4) is 0 Å². The number of alkyl halides is 3. The Morgan fingerprint density at radius 1 is 0.761 bits per heavy atom. The van der Waals surface area contributed by atoms with Crippen LogP contribution in [0, 0.1) is 0 Å². The summed E-state index contributed by atoms with van der Waals surface area (Å²) in [5.41, 5.74) is -0.638. The summed E-state index contributed by atoms with van der Waals surface area (Å²) >= 11 is 0. The van der Waals surface area contributed by atoms with E-state index in [1.165, 1.54) is 35.2 Å². The number of rotatable bonds is 11. The molecule has 0 aliphatic rings. The number of halogens is 3. The summed E-state index contributed by atoms with van der Waals surface area (Å²) in [5.74, 6) is -1.23. The van der Waals surface area contributed by atoms with Crippen LogP contribution in [0.5, 0.6) is 0 Å². The number of carbonyl (C=O) groups is 2. The van der Waals surface area contributed by atoms with Gasteiger partial charge in [-0.25, -0.2) is 8.42 Å². The minimum Gasteiger partial charge on any atom is -0.350 e. The Kier molecular flexibility index (Phi) is 10.6. The fourth-order valence-electron chi connectivity index (χ4n) is 4.87. The monoisotopic (exact) mass is 651 g/mol. The molecule has 0 radical (unpaired) electrons. The molecule has 2 amide bonds. The molecule has 4 aromatic rings. The van der Waals surface area contributed by atoms with Crippen LogP contribution < -0.4 is 9.62 Å². The van der Waals surface area contributed by atoms with Crippen LogP contribution in [0.15, 0.2) is 120 Å². The van der Waals surface area contributed by atoms with Crippen LogP contribution in [0.1, 0.15) is 37.5 Å². The number of anilines is 1. The van der Waals surface area contributed by atoms with Gasteiger partial charge in [0, 0.05) is 18.5 Å². The molecule has 242 valence electrons. The molecule has 7 nitrogen and oxygen atoms in total. The van der Waals surface area contributed by atoms with E-state index in [9.17, 15) is 31.2 Å². The first-order valence-corrected chi connectivity index (χ1v) is 16.0. The molecule has 0 spiro atoms. The lowest BCUT2D eigenvalue weighted by atomic mass is 10.0. The number of hydrogen-bond acceptors (Lipinski definition) is 4. The molecule has 1 N–H and O–H groups in total. The summed E-state index contributed by atoms with van der Waals surface area (Å²) in [6, 6.07) is 27.8. The molecule has 46 heavy (non-hydrogen) atoms. The molecule has 0 fully saturated rings. The van der Waals surface area contributed by atoms with Crippen LogP contribution in [0.4, 0.5) is 18.9 Å². The second-order valence-electron chi connectivity index (χ2n) is 11.8. The molecule has 0 saturated carbocycles. The van der Waals surface area contributed by atoms with Gasteiger partial charge in [0.1, 0.15) is 12.6 Å². The largest absolute Gasteiger partial charge is 0.416 e. The zero-order chi connectivity index (χ0) is 33.5. The van der Waals surface area contributed by atoms with Gasteiger partial charge in [-0.2, -0.15) is 13.2 Å². The zero-order valence-electron chi connectivity index (χ0n) is 25.7. The van der Waals surface area contributed by atoms with E-state index in [0.717, 1.165) is 17.7 Å². The van der Waals surface area contributed by atoms with Crippen molar-refractivity contribution >= 4 is 27.5 Å². The third-order valence-electron chi connectivity index (χ3n) is 7.04. The Bertz CT molecular complexity index is 1730. The summed E-state index contributed by atoms with van der Waals surface area (Å²) in [6.45, 7) is 4.48.